The van der Waals surface area contributed by atoms with Crippen LogP contribution in [0.5, 0.6) is 0 Å². The number of benzene rings is 1. The molecular formula is C9H11FN2S. The highest BCUT2D eigenvalue weighted by molar-refractivity contribution is 7.80. The molecule has 13 heavy (non-hydrogen) atoms. The van der Waals surface area contributed by atoms with Crippen LogP contribution in [0.2, 0.25) is 0 Å². The summed E-state index contributed by atoms with van der Waals surface area (Å²) < 4.78 is 13.0. The minimum absolute atomic E-state index is 0.188. The van der Waals surface area contributed by atoms with Gasteiger partial charge in [0.25, 0.3) is 0 Å². The second-order valence-electron chi connectivity index (χ2n) is 2.63. The molecule has 70 valence electrons. The van der Waals surface area contributed by atoms with Crippen molar-refractivity contribution in [2.24, 2.45) is 5.73 Å². The molecule has 0 aliphatic carbocycles. The molecule has 1 aromatic rings. The molecule has 4 heteroatoms. The highest BCUT2D eigenvalue weighted by Gasteiger charge is 1.99. The van der Waals surface area contributed by atoms with Gasteiger partial charge in [0, 0.05) is 6.54 Å². The number of hydrogen-bond acceptors (Lipinski definition) is 1. The third-order valence-electron chi connectivity index (χ3n) is 1.65. The normalized spacial score (nSPS) is 9.62. The Kier molecular flexibility index (Phi) is 3.64. The monoisotopic (exact) mass is 198 g/mol. The number of nitrogens with two attached hydrogens (primary N) is 1. The number of halogens is 1. The Balaban J connectivity index is 2.45. The Labute approximate surface area is 81.9 Å². The summed E-state index contributed by atoms with van der Waals surface area (Å²) in [7, 11) is 0. The summed E-state index contributed by atoms with van der Waals surface area (Å²) in [5.74, 6) is -0.188. The lowest BCUT2D eigenvalue weighted by Gasteiger charge is -2.04. The Morgan fingerprint density at radius 1 is 1.46 bits per heavy atom. The van der Waals surface area contributed by atoms with Gasteiger partial charge in [-0.25, -0.2) is 4.39 Å². The smallest absolute Gasteiger partial charge is 0.163 e. The summed E-state index contributed by atoms with van der Waals surface area (Å²) in [6.07, 6.45) is 0.587. The van der Waals surface area contributed by atoms with Crippen molar-refractivity contribution < 1.29 is 4.39 Å². The van der Waals surface area contributed by atoms with Crippen molar-refractivity contribution in [3.05, 3.63) is 35.6 Å². The quantitative estimate of drug-likeness (QED) is 0.717. The fraction of sp³-hybridized carbons (Fsp3) is 0.222. The van der Waals surface area contributed by atoms with Gasteiger partial charge in [0.2, 0.25) is 0 Å². The van der Waals surface area contributed by atoms with Crippen molar-refractivity contribution in [1.29, 1.82) is 0 Å². The first-order chi connectivity index (χ1) is 6.20. The third-order valence-corrected chi connectivity index (χ3v) is 1.80. The van der Waals surface area contributed by atoms with Crippen molar-refractivity contribution in [2.45, 2.75) is 6.42 Å². The van der Waals surface area contributed by atoms with Crippen LogP contribution in [0.3, 0.4) is 0 Å². The van der Waals surface area contributed by atoms with Gasteiger partial charge in [-0.3, -0.25) is 0 Å². The first-order valence-corrected chi connectivity index (χ1v) is 4.37. The third kappa shape index (κ3) is 3.38. The number of nitrogens with one attached hydrogen (secondary N) is 1. The molecule has 0 radical (unpaired) electrons. The van der Waals surface area contributed by atoms with Gasteiger partial charge in [-0.1, -0.05) is 18.2 Å². The lowest BCUT2D eigenvalue weighted by Crippen LogP contribution is -2.30. The van der Waals surface area contributed by atoms with Crippen LogP contribution >= 0.6 is 12.2 Å². The highest BCUT2D eigenvalue weighted by atomic mass is 32.1. The zero-order valence-electron chi connectivity index (χ0n) is 7.09. The average molecular weight is 198 g/mol. The Morgan fingerprint density at radius 2 is 2.15 bits per heavy atom. The first-order valence-electron chi connectivity index (χ1n) is 3.97. The van der Waals surface area contributed by atoms with Gasteiger partial charge >= 0.3 is 0 Å². The number of hydrogen-bond donors (Lipinski definition) is 2. The van der Waals surface area contributed by atoms with Gasteiger partial charge in [0.1, 0.15) is 5.82 Å². The van der Waals surface area contributed by atoms with E-state index in [4.69, 9.17) is 5.73 Å². The van der Waals surface area contributed by atoms with Crippen molar-refractivity contribution >= 4 is 17.3 Å². The van der Waals surface area contributed by atoms with E-state index in [0.29, 0.717) is 18.5 Å². The minimum atomic E-state index is -0.188. The van der Waals surface area contributed by atoms with E-state index < -0.39 is 0 Å². The zero-order valence-corrected chi connectivity index (χ0v) is 7.90. The molecule has 0 spiro atoms. The highest BCUT2D eigenvalue weighted by Crippen LogP contribution is 2.05. The summed E-state index contributed by atoms with van der Waals surface area (Å²) in [5.41, 5.74) is 5.89. The van der Waals surface area contributed by atoms with Crippen LogP contribution in [-0.2, 0) is 6.42 Å². The van der Waals surface area contributed by atoms with Gasteiger partial charge in [0.05, 0.1) is 0 Å². The van der Waals surface area contributed by atoms with Crippen LogP contribution in [0.25, 0.3) is 0 Å². The number of thiocarbonyl (C=S) groups is 1. The van der Waals surface area contributed by atoms with Crippen molar-refractivity contribution in [1.82, 2.24) is 5.32 Å². The molecule has 0 aliphatic heterocycles. The maximum atomic E-state index is 13.0. The number of rotatable bonds is 3. The molecule has 3 N–H and O–H groups in total. The van der Waals surface area contributed by atoms with Gasteiger partial charge in [-0.05, 0) is 30.3 Å². The van der Waals surface area contributed by atoms with Gasteiger partial charge < -0.3 is 11.1 Å². The molecule has 0 fully saturated rings. The van der Waals surface area contributed by atoms with Crippen LogP contribution in [-0.4, -0.2) is 11.7 Å². The summed E-state index contributed by atoms with van der Waals surface area (Å²) >= 11 is 4.62. The maximum absolute atomic E-state index is 13.0. The van der Waals surface area contributed by atoms with Crippen LogP contribution in [0, 0.1) is 5.82 Å². The molecular weight excluding hydrogens is 187 g/mol. The standard InChI is InChI=1S/C9H11FN2S/c10-8-4-2-1-3-7(8)5-6-12-9(11)13/h1-4H,5-6H2,(H3,11,12,13). The molecule has 0 bridgehead atoms. The van der Waals surface area contributed by atoms with Crippen LogP contribution in [0.1, 0.15) is 5.56 Å². The summed E-state index contributed by atoms with van der Waals surface area (Å²) in [4.78, 5) is 0. The predicted octanol–water partition coefficient (Wildman–Crippen LogP) is 1.20. The molecule has 0 aromatic heterocycles. The van der Waals surface area contributed by atoms with Crippen molar-refractivity contribution in [3.63, 3.8) is 0 Å². The molecule has 1 aromatic carbocycles. The summed E-state index contributed by atoms with van der Waals surface area (Å²) in [6, 6.07) is 6.66. The van der Waals surface area contributed by atoms with E-state index in [2.05, 4.69) is 17.5 Å². The Hall–Kier alpha value is -1.16. The molecule has 0 aliphatic rings. The van der Waals surface area contributed by atoms with Gasteiger partial charge in [-0.2, -0.15) is 0 Å². The van der Waals surface area contributed by atoms with E-state index >= 15 is 0 Å². The Bertz CT molecular complexity index is 301. The van der Waals surface area contributed by atoms with Gasteiger partial charge in [0.15, 0.2) is 5.11 Å². The van der Waals surface area contributed by atoms with Crippen LogP contribution < -0.4 is 11.1 Å². The molecule has 2 nitrogen and oxygen atoms in total. The van der Waals surface area contributed by atoms with E-state index in [1.807, 2.05) is 0 Å². The largest absolute Gasteiger partial charge is 0.376 e. The maximum Gasteiger partial charge on any atom is 0.163 e. The molecule has 0 heterocycles. The minimum Gasteiger partial charge on any atom is -0.376 e. The van der Waals surface area contributed by atoms with Crippen LogP contribution in [0.4, 0.5) is 4.39 Å². The lowest BCUT2D eigenvalue weighted by molar-refractivity contribution is 0.607. The molecule has 0 atom stereocenters. The average Bonchev–Trinajstić information content (AvgIpc) is 2.08. The molecule has 0 saturated heterocycles. The summed E-state index contributed by atoms with van der Waals surface area (Å²) in [5, 5.41) is 3.01. The van der Waals surface area contributed by atoms with E-state index in [1.165, 1.54) is 6.07 Å². The second kappa shape index (κ2) is 4.77. The molecule has 0 saturated carbocycles. The zero-order chi connectivity index (χ0) is 9.68. The fourth-order valence-electron chi connectivity index (χ4n) is 1.02. The van der Waals surface area contributed by atoms with Crippen molar-refractivity contribution in [2.75, 3.05) is 6.54 Å². The summed E-state index contributed by atoms with van der Waals surface area (Å²) in [6.45, 7) is 0.566. The van der Waals surface area contributed by atoms with Gasteiger partial charge in [-0.15, -0.1) is 0 Å². The molecule has 0 unspecified atom stereocenters. The van der Waals surface area contributed by atoms with Crippen molar-refractivity contribution in [3.8, 4) is 0 Å². The van der Waals surface area contributed by atoms with E-state index in [9.17, 15) is 4.39 Å². The van der Waals surface area contributed by atoms with Crippen LogP contribution in [0.15, 0.2) is 24.3 Å². The first kappa shape index (κ1) is 9.92. The van der Waals surface area contributed by atoms with E-state index in [-0.39, 0.29) is 10.9 Å². The topological polar surface area (TPSA) is 38.0 Å². The lowest BCUT2D eigenvalue weighted by atomic mass is 10.1. The van der Waals surface area contributed by atoms with E-state index in [1.54, 1.807) is 18.2 Å². The fourth-order valence-corrected chi connectivity index (χ4v) is 1.12. The molecule has 0 amide bonds. The predicted molar refractivity (Wildman–Crippen MR) is 54.9 cm³/mol. The van der Waals surface area contributed by atoms with E-state index in [0.717, 1.165) is 0 Å². The molecule has 1 rings (SSSR count). The second-order valence-corrected chi connectivity index (χ2v) is 3.07. The Morgan fingerprint density at radius 3 is 2.77 bits per heavy atom. The SMILES string of the molecule is NC(=S)NCCc1ccccc1F.